The third-order valence-corrected chi connectivity index (χ3v) is 3.35. The van der Waals surface area contributed by atoms with E-state index in [1.165, 1.54) is 4.70 Å². The van der Waals surface area contributed by atoms with Crippen LogP contribution in [0.4, 0.5) is 0 Å². The lowest BCUT2D eigenvalue weighted by molar-refractivity contribution is 1.31. The number of nitrogens with zero attached hydrogens (tertiary/aromatic N) is 2. The second-order valence-corrected chi connectivity index (χ2v) is 5.25. The van der Waals surface area contributed by atoms with E-state index in [1.54, 1.807) is 48.8 Å². The molecule has 20 heavy (non-hydrogen) atoms. The van der Waals surface area contributed by atoms with Gasteiger partial charge in [-0.1, -0.05) is 12.1 Å². The lowest BCUT2D eigenvalue weighted by atomic mass is 10.3. The Hall–Kier alpha value is -2.25. The lowest BCUT2D eigenvalue weighted by Gasteiger charge is -1.81. The Balaban J connectivity index is 0.000000124. The minimum absolute atomic E-state index is 0.848. The summed E-state index contributed by atoms with van der Waals surface area (Å²) in [5, 5.41) is 0. The van der Waals surface area contributed by atoms with E-state index in [-0.39, 0.29) is 0 Å². The third kappa shape index (κ3) is 4.79. The Morgan fingerprint density at radius 1 is 0.950 bits per heavy atom. The summed E-state index contributed by atoms with van der Waals surface area (Å²) < 4.78 is 2.08. The molecule has 0 unspecified atom stereocenters. The zero-order chi connectivity index (χ0) is 14.0. The van der Waals surface area contributed by atoms with Crippen molar-refractivity contribution in [2.75, 3.05) is 0 Å². The summed E-state index contributed by atoms with van der Waals surface area (Å²) in [4.78, 5) is 15.9. The largest absolute Gasteiger partial charge is 0.351 e. The van der Waals surface area contributed by atoms with E-state index in [1.807, 2.05) is 18.2 Å². The quantitative estimate of drug-likeness (QED) is 0.433. The highest BCUT2D eigenvalue weighted by molar-refractivity contribution is 7.73. The molecule has 0 saturated carbocycles. The van der Waals surface area contributed by atoms with E-state index in [0.29, 0.717) is 0 Å². The number of H-pyrrole nitrogens is 3. The van der Waals surface area contributed by atoms with Crippen molar-refractivity contribution in [1.29, 1.82) is 0 Å². The van der Waals surface area contributed by atoms with Gasteiger partial charge in [0.05, 0.1) is 22.9 Å². The number of thiazole rings is 1. The summed E-state index contributed by atoms with van der Waals surface area (Å²) in [6.07, 6.45) is 10.2. The molecule has 3 aromatic heterocycles. The van der Waals surface area contributed by atoms with Crippen LogP contribution >= 0.6 is 23.6 Å². The first-order valence-corrected chi connectivity index (χ1v) is 7.02. The number of hydrogen-bond acceptors (Lipinski definition) is 4. The summed E-state index contributed by atoms with van der Waals surface area (Å²) in [6, 6.07) is 8.11. The number of nitrogens with one attached hydrogen (secondary N) is 3. The first-order valence-electron chi connectivity index (χ1n) is 5.79. The molecule has 5 nitrogen and oxygen atoms in total. The van der Waals surface area contributed by atoms with E-state index in [9.17, 15) is 0 Å². The standard InChI is InChI=1S/C7H5NS2.2C3H4N2/c9-7-8-5-3-1-2-4-6(5)10-7;2*1-2-5-3-4-1/h1-4H,(H,8,9);2*1-3H,(H,4,5). The van der Waals surface area contributed by atoms with Gasteiger partial charge in [0, 0.05) is 24.8 Å². The topological polar surface area (TPSA) is 73.2 Å². The molecular weight excluding hydrogens is 290 g/mol. The van der Waals surface area contributed by atoms with Crippen molar-refractivity contribution >= 4 is 33.8 Å². The Labute approximate surface area is 124 Å². The van der Waals surface area contributed by atoms with Crippen molar-refractivity contribution in [2.24, 2.45) is 0 Å². The molecule has 0 saturated heterocycles. The van der Waals surface area contributed by atoms with E-state index in [0.717, 1.165) is 9.47 Å². The molecule has 0 bridgehead atoms. The predicted octanol–water partition coefficient (Wildman–Crippen LogP) is 3.78. The van der Waals surface area contributed by atoms with Gasteiger partial charge in [0.25, 0.3) is 0 Å². The third-order valence-electron chi connectivity index (χ3n) is 2.14. The van der Waals surface area contributed by atoms with E-state index >= 15 is 0 Å². The summed E-state index contributed by atoms with van der Waals surface area (Å²) in [5.41, 5.74) is 1.14. The Bertz CT molecular complexity index is 644. The molecule has 0 atom stereocenters. The number of hydrogen-bond donors (Lipinski definition) is 3. The van der Waals surface area contributed by atoms with Crippen molar-refractivity contribution in [3.05, 3.63) is 65.7 Å². The highest BCUT2D eigenvalue weighted by atomic mass is 32.1. The van der Waals surface area contributed by atoms with Gasteiger partial charge in [-0.25, -0.2) is 9.97 Å². The molecular formula is C13H13N5S2. The van der Waals surface area contributed by atoms with Gasteiger partial charge in [-0.15, -0.1) is 11.3 Å². The lowest BCUT2D eigenvalue weighted by Crippen LogP contribution is -1.62. The van der Waals surface area contributed by atoms with E-state index < -0.39 is 0 Å². The predicted molar refractivity (Wildman–Crippen MR) is 84.2 cm³/mol. The molecule has 0 spiro atoms. The summed E-state index contributed by atoms with van der Waals surface area (Å²) in [5.74, 6) is 0. The van der Waals surface area contributed by atoms with Crippen LogP contribution in [0, 0.1) is 3.95 Å². The fourth-order valence-electron chi connectivity index (χ4n) is 1.32. The molecule has 102 valence electrons. The van der Waals surface area contributed by atoms with Crippen LogP contribution < -0.4 is 0 Å². The second-order valence-electron chi connectivity index (χ2n) is 3.53. The van der Waals surface area contributed by atoms with Gasteiger partial charge in [-0.2, -0.15) is 0 Å². The number of imidazole rings is 2. The highest BCUT2D eigenvalue weighted by Crippen LogP contribution is 2.17. The van der Waals surface area contributed by atoms with Crippen LogP contribution in [0.2, 0.25) is 0 Å². The van der Waals surface area contributed by atoms with Crippen molar-refractivity contribution < 1.29 is 0 Å². The summed E-state index contributed by atoms with van der Waals surface area (Å²) >= 11 is 6.59. The second kappa shape index (κ2) is 8.03. The van der Waals surface area contributed by atoms with Gasteiger partial charge >= 0.3 is 0 Å². The molecule has 4 aromatic rings. The maximum atomic E-state index is 4.98. The van der Waals surface area contributed by atoms with Crippen LogP contribution in [0.1, 0.15) is 0 Å². The molecule has 0 amide bonds. The van der Waals surface area contributed by atoms with Crippen molar-refractivity contribution in [2.45, 2.75) is 0 Å². The van der Waals surface area contributed by atoms with Gasteiger partial charge in [0.2, 0.25) is 0 Å². The first kappa shape index (κ1) is 14.2. The highest BCUT2D eigenvalue weighted by Gasteiger charge is 1.91. The van der Waals surface area contributed by atoms with Crippen LogP contribution in [0.5, 0.6) is 0 Å². The monoisotopic (exact) mass is 303 g/mol. The average Bonchev–Trinajstić information content (AvgIpc) is 3.23. The smallest absolute Gasteiger partial charge is 0.159 e. The van der Waals surface area contributed by atoms with Crippen molar-refractivity contribution in [1.82, 2.24) is 24.9 Å². The molecule has 0 fully saturated rings. The fourth-order valence-corrected chi connectivity index (χ4v) is 2.44. The first-order chi connectivity index (χ1) is 9.86. The molecule has 7 heteroatoms. The molecule has 3 N–H and O–H groups in total. The Morgan fingerprint density at radius 3 is 2.05 bits per heavy atom. The average molecular weight is 303 g/mol. The van der Waals surface area contributed by atoms with Gasteiger partial charge in [-0.3, -0.25) is 0 Å². The molecule has 0 aliphatic heterocycles. The molecule has 0 radical (unpaired) electrons. The number of aromatic amines is 3. The Kier molecular flexibility index (Phi) is 5.69. The number of aromatic nitrogens is 5. The normalized spacial score (nSPS) is 9.20. The SMILES string of the molecule is S=c1[nH]c2ccccc2s1.c1c[nH]cn1.c1c[nH]cn1. The van der Waals surface area contributed by atoms with Gasteiger partial charge in [0.15, 0.2) is 3.95 Å². The molecule has 1 aromatic carbocycles. The minimum atomic E-state index is 0.848. The number of para-hydroxylation sites is 1. The maximum Gasteiger partial charge on any atom is 0.159 e. The van der Waals surface area contributed by atoms with Gasteiger partial charge in [-0.05, 0) is 24.4 Å². The van der Waals surface area contributed by atoms with Crippen LogP contribution in [-0.4, -0.2) is 24.9 Å². The van der Waals surface area contributed by atoms with Crippen LogP contribution in [0.25, 0.3) is 10.2 Å². The molecule has 0 aliphatic carbocycles. The zero-order valence-corrected chi connectivity index (χ0v) is 12.1. The van der Waals surface area contributed by atoms with Crippen LogP contribution in [0.15, 0.2) is 61.7 Å². The minimum Gasteiger partial charge on any atom is -0.351 e. The number of benzene rings is 1. The maximum absolute atomic E-state index is 4.98. The Morgan fingerprint density at radius 2 is 1.60 bits per heavy atom. The van der Waals surface area contributed by atoms with Gasteiger partial charge in [0.1, 0.15) is 0 Å². The van der Waals surface area contributed by atoms with Crippen LogP contribution in [-0.2, 0) is 0 Å². The van der Waals surface area contributed by atoms with Crippen molar-refractivity contribution in [3.8, 4) is 0 Å². The zero-order valence-electron chi connectivity index (χ0n) is 10.5. The molecule has 3 heterocycles. The fraction of sp³-hybridized carbons (Fsp3) is 0. The number of fused-ring (bicyclic) bond motifs is 1. The molecule has 0 aliphatic rings. The number of rotatable bonds is 0. The summed E-state index contributed by atoms with van der Waals surface area (Å²) in [7, 11) is 0. The van der Waals surface area contributed by atoms with Gasteiger partial charge < -0.3 is 15.0 Å². The van der Waals surface area contributed by atoms with E-state index in [2.05, 4.69) is 31.0 Å². The molecule has 4 rings (SSSR count). The van der Waals surface area contributed by atoms with Crippen LogP contribution in [0.3, 0.4) is 0 Å². The summed E-state index contributed by atoms with van der Waals surface area (Å²) in [6.45, 7) is 0. The van der Waals surface area contributed by atoms with Crippen molar-refractivity contribution in [3.63, 3.8) is 0 Å². The van der Waals surface area contributed by atoms with E-state index in [4.69, 9.17) is 12.2 Å².